The molecule has 4 aromatic rings. The van der Waals surface area contributed by atoms with Crippen LogP contribution in [0.1, 0.15) is 35.5 Å². The summed E-state index contributed by atoms with van der Waals surface area (Å²) in [6.45, 7) is 4.06. The van der Waals surface area contributed by atoms with Crippen LogP contribution in [0.4, 0.5) is 15.8 Å². The van der Waals surface area contributed by atoms with E-state index in [-0.39, 0.29) is 17.4 Å². The van der Waals surface area contributed by atoms with Gasteiger partial charge in [-0.05, 0) is 59.7 Å². The van der Waals surface area contributed by atoms with E-state index in [1.165, 1.54) is 19.2 Å². The summed E-state index contributed by atoms with van der Waals surface area (Å²) in [5.74, 6) is -0.336. The van der Waals surface area contributed by atoms with Crippen molar-refractivity contribution < 1.29 is 22.3 Å². The Labute approximate surface area is 217 Å². The number of nitrogens with one attached hydrogen (secondary N) is 3. The van der Waals surface area contributed by atoms with E-state index in [4.69, 9.17) is 4.74 Å². The third kappa shape index (κ3) is 5.55. The Kier molecular flexibility index (Phi) is 6.85. The standard InChI is InChI=1S/C26H25BrFN3O4S/c1-26(2,16-5-7-19(28)8-6-16)17-11-18(27)13-20(12-17)29-25(32)23-9-15-10-24(35-3)22(14-21(15)30-23)31-36(4,33)34/h5-14,30-31H,1-4H3,(H,29,32). The molecule has 4 rings (SSSR count). The summed E-state index contributed by atoms with van der Waals surface area (Å²) in [6.07, 6.45) is 1.05. The predicted octanol–water partition coefficient (Wildman–Crippen LogP) is 6.03. The van der Waals surface area contributed by atoms with Crippen LogP contribution in [0.3, 0.4) is 0 Å². The van der Waals surface area contributed by atoms with Crippen molar-refractivity contribution in [1.82, 2.24) is 4.98 Å². The molecule has 1 heterocycles. The van der Waals surface area contributed by atoms with E-state index < -0.39 is 15.4 Å². The van der Waals surface area contributed by atoms with Gasteiger partial charge in [-0.3, -0.25) is 9.52 Å². The molecule has 0 fully saturated rings. The Morgan fingerprint density at radius 3 is 2.36 bits per heavy atom. The smallest absolute Gasteiger partial charge is 0.272 e. The van der Waals surface area contributed by atoms with Crippen LogP contribution in [0.2, 0.25) is 0 Å². The zero-order valence-electron chi connectivity index (χ0n) is 20.1. The number of hydrogen-bond acceptors (Lipinski definition) is 4. The Bertz CT molecular complexity index is 1560. The van der Waals surface area contributed by atoms with Crippen LogP contribution in [-0.4, -0.2) is 32.7 Å². The topological polar surface area (TPSA) is 100 Å². The molecular formula is C26H25BrFN3O4S. The molecular weight excluding hydrogens is 549 g/mol. The molecule has 7 nitrogen and oxygen atoms in total. The van der Waals surface area contributed by atoms with E-state index in [1.807, 2.05) is 26.0 Å². The van der Waals surface area contributed by atoms with Crippen molar-refractivity contribution in [1.29, 1.82) is 0 Å². The van der Waals surface area contributed by atoms with E-state index in [0.717, 1.165) is 21.9 Å². The molecule has 0 bridgehead atoms. The predicted molar refractivity (Wildman–Crippen MR) is 144 cm³/mol. The van der Waals surface area contributed by atoms with Gasteiger partial charge in [0.15, 0.2) is 0 Å². The second-order valence-electron chi connectivity index (χ2n) is 9.01. The maximum Gasteiger partial charge on any atom is 0.272 e. The van der Waals surface area contributed by atoms with E-state index in [9.17, 15) is 17.6 Å². The lowest BCUT2D eigenvalue weighted by Gasteiger charge is -2.27. The van der Waals surface area contributed by atoms with Gasteiger partial charge in [0.1, 0.15) is 17.3 Å². The Hall–Kier alpha value is -3.37. The van der Waals surface area contributed by atoms with Gasteiger partial charge < -0.3 is 15.0 Å². The van der Waals surface area contributed by atoms with E-state index in [2.05, 4.69) is 31.0 Å². The fourth-order valence-electron chi connectivity index (χ4n) is 3.98. The number of anilines is 2. The highest BCUT2D eigenvalue weighted by atomic mass is 79.9. The largest absolute Gasteiger partial charge is 0.495 e. The molecule has 0 aliphatic carbocycles. The number of amides is 1. The van der Waals surface area contributed by atoms with Crippen molar-refractivity contribution in [2.45, 2.75) is 19.3 Å². The van der Waals surface area contributed by atoms with Gasteiger partial charge >= 0.3 is 0 Å². The van der Waals surface area contributed by atoms with Crippen LogP contribution < -0.4 is 14.8 Å². The number of halogens is 2. The molecule has 0 atom stereocenters. The average Bonchev–Trinajstić information content (AvgIpc) is 3.20. The number of fused-ring (bicyclic) bond motifs is 1. The van der Waals surface area contributed by atoms with Gasteiger partial charge in [-0.25, -0.2) is 12.8 Å². The van der Waals surface area contributed by atoms with Gasteiger partial charge in [-0.15, -0.1) is 0 Å². The molecule has 0 saturated carbocycles. The molecule has 3 N–H and O–H groups in total. The lowest BCUT2D eigenvalue weighted by Crippen LogP contribution is -2.20. The molecule has 36 heavy (non-hydrogen) atoms. The quantitative estimate of drug-likeness (QED) is 0.251. The zero-order chi connectivity index (χ0) is 26.3. The number of carbonyl (C=O) groups is 1. The minimum absolute atomic E-state index is 0.265. The number of aromatic nitrogens is 1. The molecule has 3 aromatic carbocycles. The summed E-state index contributed by atoms with van der Waals surface area (Å²) >= 11 is 3.52. The number of aromatic amines is 1. The van der Waals surface area contributed by atoms with Crippen LogP contribution in [-0.2, 0) is 15.4 Å². The molecule has 0 aliphatic rings. The van der Waals surface area contributed by atoms with Crippen LogP contribution in [0.25, 0.3) is 10.9 Å². The lowest BCUT2D eigenvalue weighted by atomic mass is 9.78. The molecule has 1 aromatic heterocycles. The normalized spacial score (nSPS) is 11.9. The number of sulfonamides is 1. The van der Waals surface area contributed by atoms with E-state index in [1.54, 1.807) is 36.4 Å². The van der Waals surface area contributed by atoms with E-state index >= 15 is 0 Å². The third-order valence-electron chi connectivity index (χ3n) is 5.92. The Morgan fingerprint density at radius 2 is 1.72 bits per heavy atom. The van der Waals surface area contributed by atoms with Crippen molar-refractivity contribution in [3.8, 4) is 5.75 Å². The molecule has 0 unspecified atom stereocenters. The van der Waals surface area contributed by atoms with Crippen molar-refractivity contribution in [3.05, 3.63) is 87.8 Å². The number of H-pyrrole nitrogens is 1. The molecule has 1 amide bonds. The van der Waals surface area contributed by atoms with Gasteiger partial charge in [0.05, 0.1) is 19.1 Å². The van der Waals surface area contributed by atoms with Crippen molar-refractivity contribution in [2.75, 3.05) is 23.4 Å². The Balaban J connectivity index is 1.64. The number of carbonyl (C=O) groups excluding carboxylic acids is 1. The molecule has 0 radical (unpaired) electrons. The summed E-state index contributed by atoms with van der Waals surface area (Å²) < 4.78 is 45.3. The van der Waals surface area contributed by atoms with Crippen LogP contribution >= 0.6 is 15.9 Å². The van der Waals surface area contributed by atoms with Crippen molar-refractivity contribution >= 4 is 54.1 Å². The fourth-order valence-corrected chi connectivity index (χ4v) is 5.04. The molecule has 188 valence electrons. The highest BCUT2D eigenvalue weighted by Crippen LogP contribution is 2.35. The zero-order valence-corrected chi connectivity index (χ0v) is 22.5. The summed E-state index contributed by atoms with van der Waals surface area (Å²) in [5.41, 5.74) is 3.12. The number of ether oxygens (including phenoxy) is 1. The first-order valence-electron chi connectivity index (χ1n) is 10.9. The van der Waals surface area contributed by atoms with Gasteiger partial charge in [-0.2, -0.15) is 0 Å². The Morgan fingerprint density at radius 1 is 1.03 bits per heavy atom. The maximum absolute atomic E-state index is 13.4. The highest BCUT2D eigenvalue weighted by molar-refractivity contribution is 9.10. The second-order valence-corrected chi connectivity index (χ2v) is 11.7. The average molecular weight is 574 g/mol. The minimum atomic E-state index is -3.52. The van der Waals surface area contributed by atoms with Gasteiger partial charge in [0.25, 0.3) is 5.91 Å². The molecule has 0 saturated heterocycles. The number of rotatable bonds is 7. The molecule has 0 aliphatic heterocycles. The first-order valence-corrected chi connectivity index (χ1v) is 13.6. The first kappa shape index (κ1) is 25.7. The summed E-state index contributed by atoms with van der Waals surface area (Å²) in [7, 11) is -2.08. The monoisotopic (exact) mass is 573 g/mol. The second kappa shape index (κ2) is 9.59. The summed E-state index contributed by atoms with van der Waals surface area (Å²) in [6, 6.07) is 16.9. The fraction of sp³-hybridized carbons (Fsp3) is 0.192. The molecule has 0 spiro atoms. The SMILES string of the molecule is COc1cc2cc(C(=O)Nc3cc(Br)cc(C(C)(C)c4ccc(F)cc4)c3)[nH]c2cc1NS(C)(=O)=O. The maximum atomic E-state index is 13.4. The van der Waals surface area contributed by atoms with Gasteiger partial charge in [0.2, 0.25) is 10.0 Å². The lowest BCUT2D eigenvalue weighted by molar-refractivity contribution is 0.102. The third-order valence-corrected chi connectivity index (χ3v) is 6.97. The first-order chi connectivity index (χ1) is 16.9. The number of methoxy groups -OCH3 is 1. The van der Waals surface area contributed by atoms with Crippen LogP contribution in [0.5, 0.6) is 5.75 Å². The van der Waals surface area contributed by atoms with Gasteiger partial charge in [0, 0.05) is 26.5 Å². The molecule has 10 heteroatoms. The van der Waals surface area contributed by atoms with E-state index in [0.29, 0.717) is 28.0 Å². The number of hydrogen-bond donors (Lipinski definition) is 3. The summed E-state index contributed by atoms with van der Waals surface area (Å²) in [5, 5.41) is 3.60. The van der Waals surface area contributed by atoms with Crippen molar-refractivity contribution in [2.24, 2.45) is 0 Å². The minimum Gasteiger partial charge on any atom is -0.495 e. The van der Waals surface area contributed by atoms with Crippen LogP contribution in [0, 0.1) is 5.82 Å². The van der Waals surface area contributed by atoms with Gasteiger partial charge in [-0.1, -0.05) is 41.9 Å². The van der Waals surface area contributed by atoms with Crippen LogP contribution in [0.15, 0.2) is 65.1 Å². The summed E-state index contributed by atoms with van der Waals surface area (Å²) in [4.78, 5) is 16.1. The van der Waals surface area contributed by atoms with Crippen molar-refractivity contribution in [3.63, 3.8) is 0 Å². The highest BCUT2D eigenvalue weighted by Gasteiger charge is 2.24. The number of benzene rings is 3.